The maximum absolute atomic E-state index is 12.9. The van der Waals surface area contributed by atoms with E-state index in [9.17, 15) is 19.2 Å². The minimum atomic E-state index is -1.37. The number of imide groups is 2. The summed E-state index contributed by atoms with van der Waals surface area (Å²) in [7, 11) is 0. The second kappa shape index (κ2) is 7.26. The van der Waals surface area contributed by atoms with Crippen LogP contribution in [0, 0.1) is 0 Å². The number of ether oxygens (including phenoxy) is 2. The van der Waals surface area contributed by atoms with E-state index < -0.39 is 41.5 Å². The highest BCUT2D eigenvalue weighted by Crippen LogP contribution is 2.36. The highest BCUT2D eigenvalue weighted by Gasteiger charge is 2.50. The van der Waals surface area contributed by atoms with Crippen LogP contribution in [-0.2, 0) is 15.1 Å². The van der Waals surface area contributed by atoms with Crippen molar-refractivity contribution in [2.75, 3.05) is 19.8 Å². The molecule has 0 spiro atoms. The zero-order valence-corrected chi connectivity index (χ0v) is 16.8. The molecule has 0 bridgehead atoms. The van der Waals surface area contributed by atoms with Gasteiger partial charge >= 0.3 is 12.1 Å². The molecular formula is C19H24N4O6. The van der Waals surface area contributed by atoms with Gasteiger partial charge in [-0.15, -0.1) is 0 Å². The van der Waals surface area contributed by atoms with E-state index in [4.69, 9.17) is 9.47 Å². The second-order valence-electron chi connectivity index (χ2n) is 8.06. The van der Waals surface area contributed by atoms with Gasteiger partial charge < -0.3 is 20.1 Å². The van der Waals surface area contributed by atoms with Gasteiger partial charge in [-0.05, 0) is 45.4 Å². The summed E-state index contributed by atoms with van der Waals surface area (Å²) in [5.74, 6) is -0.347. The van der Waals surface area contributed by atoms with Crippen molar-refractivity contribution >= 4 is 23.9 Å². The normalized spacial score (nSPS) is 20.9. The van der Waals surface area contributed by atoms with Gasteiger partial charge in [0.2, 0.25) is 5.91 Å². The van der Waals surface area contributed by atoms with Gasteiger partial charge in [0, 0.05) is 5.54 Å². The molecule has 3 rings (SSSR count). The Balaban J connectivity index is 1.72. The first-order chi connectivity index (χ1) is 13.5. The lowest BCUT2D eigenvalue weighted by molar-refractivity contribution is -0.134. The third kappa shape index (κ3) is 4.25. The Bertz CT molecular complexity index is 878. The molecule has 1 saturated heterocycles. The molecular weight excluding hydrogens is 380 g/mol. The first-order valence-electron chi connectivity index (χ1n) is 9.16. The maximum Gasteiger partial charge on any atom is 0.325 e. The predicted molar refractivity (Wildman–Crippen MR) is 101 cm³/mol. The molecule has 0 saturated carbocycles. The Kier molecular flexibility index (Phi) is 5.12. The number of nitrogens with one attached hydrogen (secondary N) is 3. The van der Waals surface area contributed by atoms with Crippen LogP contribution in [0.15, 0.2) is 18.2 Å². The van der Waals surface area contributed by atoms with Crippen LogP contribution in [0.2, 0.25) is 0 Å². The van der Waals surface area contributed by atoms with Gasteiger partial charge in [-0.25, -0.2) is 9.59 Å². The smallest absolute Gasteiger partial charge is 0.325 e. The van der Waals surface area contributed by atoms with E-state index in [1.807, 2.05) is 0 Å². The lowest BCUT2D eigenvalue weighted by atomic mass is 9.91. The number of hydrogen-bond acceptors (Lipinski definition) is 6. The number of hydrogen-bond donors (Lipinski definition) is 3. The summed E-state index contributed by atoms with van der Waals surface area (Å²) in [5, 5.41) is 7.29. The Labute approximate surface area is 167 Å². The van der Waals surface area contributed by atoms with Crippen LogP contribution in [0.25, 0.3) is 0 Å². The molecule has 1 aromatic rings. The Hall–Kier alpha value is -3.30. The molecule has 6 amide bonds. The summed E-state index contributed by atoms with van der Waals surface area (Å²) in [6.45, 7) is 7.06. The standard InChI is InChI=1S/C19H24N4O6/c1-18(2,3)21-16(26)20-14(24)10-23-15(25)19(4,22-17(23)27)11-5-6-12-13(9-11)29-8-7-28-12/h5-6,9H,7-8,10H2,1-4H3,(H,22,27)(H2,20,21,24,26)/t19-/m0/s1. The number of nitrogens with zero attached hydrogens (tertiary/aromatic N) is 1. The summed E-state index contributed by atoms with van der Waals surface area (Å²) in [5.41, 5.74) is -1.42. The molecule has 0 aliphatic carbocycles. The molecule has 2 aliphatic heterocycles. The summed E-state index contributed by atoms with van der Waals surface area (Å²) in [6, 6.07) is 3.53. The van der Waals surface area contributed by atoms with Crippen molar-refractivity contribution in [3.8, 4) is 11.5 Å². The topological polar surface area (TPSA) is 126 Å². The van der Waals surface area contributed by atoms with Crippen LogP contribution in [0.5, 0.6) is 11.5 Å². The van der Waals surface area contributed by atoms with E-state index in [1.165, 1.54) is 0 Å². The fourth-order valence-corrected chi connectivity index (χ4v) is 3.07. The highest BCUT2D eigenvalue weighted by atomic mass is 16.6. The van der Waals surface area contributed by atoms with Gasteiger partial charge in [0.1, 0.15) is 25.3 Å². The highest BCUT2D eigenvalue weighted by molar-refractivity contribution is 6.10. The van der Waals surface area contributed by atoms with Gasteiger partial charge in [-0.2, -0.15) is 0 Å². The summed E-state index contributed by atoms with van der Waals surface area (Å²) >= 11 is 0. The van der Waals surface area contributed by atoms with Crippen molar-refractivity contribution in [1.29, 1.82) is 0 Å². The van der Waals surface area contributed by atoms with Crippen molar-refractivity contribution in [3.63, 3.8) is 0 Å². The van der Waals surface area contributed by atoms with Crippen LogP contribution in [-0.4, -0.2) is 54.1 Å². The Morgan fingerprint density at radius 2 is 1.83 bits per heavy atom. The second-order valence-corrected chi connectivity index (χ2v) is 8.06. The quantitative estimate of drug-likeness (QED) is 0.641. The van der Waals surface area contributed by atoms with Crippen molar-refractivity contribution in [2.24, 2.45) is 0 Å². The number of fused-ring (bicyclic) bond motifs is 1. The fourth-order valence-electron chi connectivity index (χ4n) is 3.07. The number of amides is 6. The molecule has 29 heavy (non-hydrogen) atoms. The minimum absolute atomic E-state index is 0.385. The summed E-state index contributed by atoms with van der Waals surface area (Å²) in [4.78, 5) is 50.1. The van der Waals surface area contributed by atoms with Gasteiger partial charge in [-0.1, -0.05) is 6.07 Å². The lowest BCUT2D eigenvalue weighted by Crippen LogP contribution is -2.51. The Morgan fingerprint density at radius 3 is 2.48 bits per heavy atom. The van der Waals surface area contributed by atoms with Crippen LogP contribution >= 0.6 is 0 Å². The Morgan fingerprint density at radius 1 is 1.17 bits per heavy atom. The largest absolute Gasteiger partial charge is 0.486 e. The third-order valence-corrected chi connectivity index (χ3v) is 4.44. The first-order valence-corrected chi connectivity index (χ1v) is 9.16. The monoisotopic (exact) mass is 404 g/mol. The number of carbonyl (C=O) groups excluding carboxylic acids is 4. The summed E-state index contributed by atoms with van der Waals surface area (Å²) in [6.07, 6.45) is 0. The van der Waals surface area contributed by atoms with Crippen LogP contribution in [0.1, 0.15) is 33.3 Å². The van der Waals surface area contributed by atoms with Crippen LogP contribution < -0.4 is 25.4 Å². The lowest BCUT2D eigenvalue weighted by Gasteiger charge is -2.25. The molecule has 0 unspecified atom stereocenters. The SMILES string of the molecule is CC(C)(C)NC(=O)NC(=O)CN1C(=O)N[C@@](C)(c2ccc3c(c2)OCCO3)C1=O. The van der Waals surface area contributed by atoms with Crippen LogP contribution in [0.3, 0.4) is 0 Å². The molecule has 156 valence electrons. The minimum Gasteiger partial charge on any atom is -0.486 e. The van der Waals surface area contributed by atoms with Gasteiger partial charge in [0.05, 0.1) is 0 Å². The van der Waals surface area contributed by atoms with E-state index in [2.05, 4.69) is 16.0 Å². The number of carbonyl (C=O) groups is 4. The molecule has 1 fully saturated rings. The molecule has 0 aromatic heterocycles. The molecule has 1 aromatic carbocycles. The molecule has 2 aliphatic rings. The fraction of sp³-hybridized carbons (Fsp3) is 0.474. The molecule has 1 atom stereocenters. The molecule has 10 nitrogen and oxygen atoms in total. The average Bonchev–Trinajstić information content (AvgIpc) is 2.83. The van der Waals surface area contributed by atoms with Crippen molar-refractivity contribution in [2.45, 2.75) is 38.8 Å². The van der Waals surface area contributed by atoms with Crippen LogP contribution in [0.4, 0.5) is 9.59 Å². The third-order valence-electron chi connectivity index (χ3n) is 4.44. The van der Waals surface area contributed by atoms with E-state index in [-0.39, 0.29) is 0 Å². The zero-order valence-electron chi connectivity index (χ0n) is 16.8. The zero-order chi connectivity index (χ0) is 21.4. The first kappa shape index (κ1) is 20.4. The van der Waals surface area contributed by atoms with Crippen molar-refractivity contribution in [1.82, 2.24) is 20.9 Å². The number of benzene rings is 1. The molecule has 3 N–H and O–H groups in total. The van der Waals surface area contributed by atoms with Crippen molar-refractivity contribution in [3.05, 3.63) is 23.8 Å². The van der Waals surface area contributed by atoms with Gasteiger partial charge in [0.25, 0.3) is 5.91 Å². The number of rotatable bonds is 3. The average molecular weight is 404 g/mol. The van der Waals surface area contributed by atoms with E-state index in [0.29, 0.717) is 30.3 Å². The van der Waals surface area contributed by atoms with Gasteiger partial charge in [-0.3, -0.25) is 19.8 Å². The predicted octanol–water partition coefficient (Wildman–Crippen LogP) is 0.849. The van der Waals surface area contributed by atoms with E-state index in [1.54, 1.807) is 45.9 Å². The molecule has 10 heteroatoms. The van der Waals surface area contributed by atoms with E-state index >= 15 is 0 Å². The summed E-state index contributed by atoms with van der Waals surface area (Å²) < 4.78 is 11.0. The van der Waals surface area contributed by atoms with E-state index in [0.717, 1.165) is 4.90 Å². The molecule has 0 radical (unpaired) electrons. The van der Waals surface area contributed by atoms with Gasteiger partial charge in [0.15, 0.2) is 11.5 Å². The van der Waals surface area contributed by atoms with Crippen molar-refractivity contribution < 1.29 is 28.7 Å². The number of urea groups is 2. The molecule has 2 heterocycles. The maximum atomic E-state index is 12.9.